The van der Waals surface area contributed by atoms with Crippen LogP contribution in [0.3, 0.4) is 0 Å². The Kier molecular flexibility index (Phi) is 2.44. The molecule has 0 aliphatic rings. The van der Waals surface area contributed by atoms with Crippen LogP contribution in [0, 0.1) is 0 Å². The molecular weight excluding hydrogens is 208 g/mol. The van der Waals surface area contributed by atoms with Crippen LogP contribution in [0.2, 0.25) is 0 Å². The van der Waals surface area contributed by atoms with Gasteiger partial charge in [0.1, 0.15) is 0 Å². The highest BCUT2D eigenvalue weighted by atomic mass is 16.4. The fourth-order valence-electron chi connectivity index (χ4n) is 1.49. The number of benzene rings is 1. The first-order chi connectivity index (χ1) is 7.61. The fourth-order valence-corrected chi connectivity index (χ4v) is 1.49. The van der Waals surface area contributed by atoms with Crippen LogP contribution in [-0.4, -0.2) is 20.9 Å². The average molecular weight is 218 g/mol. The fraction of sp³-hybridized carbons (Fsp3) is 0.182. The summed E-state index contributed by atoms with van der Waals surface area (Å²) >= 11 is 0. The Hall–Kier alpha value is -2.17. The number of hydrogen-bond donors (Lipinski definition) is 1. The molecule has 0 bridgehead atoms. The summed E-state index contributed by atoms with van der Waals surface area (Å²) in [6.07, 6.45) is 1.50. The minimum absolute atomic E-state index is 0.381. The predicted molar refractivity (Wildman–Crippen MR) is 58.3 cm³/mol. The molecule has 0 saturated carbocycles. The molecule has 0 aliphatic carbocycles. The zero-order valence-electron chi connectivity index (χ0n) is 8.62. The average Bonchev–Trinajstić information content (AvgIpc) is 2.29. The molecule has 0 aliphatic heterocycles. The molecule has 2 rings (SSSR count). The van der Waals surface area contributed by atoms with Crippen LogP contribution in [0.4, 0.5) is 0 Å². The molecule has 1 atom stereocenters. The van der Waals surface area contributed by atoms with Crippen molar-refractivity contribution in [2.75, 3.05) is 0 Å². The highest BCUT2D eigenvalue weighted by Gasteiger charge is 2.16. The minimum Gasteiger partial charge on any atom is -0.480 e. The molecule has 5 nitrogen and oxygen atoms in total. The van der Waals surface area contributed by atoms with Gasteiger partial charge in [0.2, 0.25) is 0 Å². The van der Waals surface area contributed by atoms with Gasteiger partial charge in [-0.25, -0.2) is 9.48 Å². The van der Waals surface area contributed by atoms with Crippen molar-refractivity contribution < 1.29 is 9.90 Å². The number of aromatic nitrogens is 2. The third-order valence-corrected chi connectivity index (χ3v) is 2.44. The van der Waals surface area contributed by atoms with Gasteiger partial charge in [0.25, 0.3) is 5.56 Å². The molecular formula is C11H10N2O3. The second kappa shape index (κ2) is 3.77. The van der Waals surface area contributed by atoms with E-state index in [0.717, 1.165) is 4.68 Å². The smallest absolute Gasteiger partial charge is 0.328 e. The maximum Gasteiger partial charge on any atom is 0.328 e. The van der Waals surface area contributed by atoms with Crippen molar-refractivity contribution >= 4 is 16.7 Å². The monoisotopic (exact) mass is 218 g/mol. The Bertz CT molecular complexity index is 603. The third-order valence-electron chi connectivity index (χ3n) is 2.44. The Balaban J connectivity index is 2.70. The molecule has 0 amide bonds. The number of carboxylic acids is 1. The molecule has 0 saturated heterocycles. The highest BCUT2D eigenvalue weighted by Crippen LogP contribution is 2.08. The molecule has 1 aromatic heterocycles. The number of hydrogen-bond acceptors (Lipinski definition) is 3. The van der Waals surface area contributed by atoms with Gasteiger partial charge in [-0.3, -0.25) is 4.79 Å². The van der Waals surface area contributed by atoms with Crippen LogP contribution in [-0.2, 0) is 4.79 Å². The van der Waals surface area contributed by atoms with Crippen molar-refractivity contribution in [2.45, 2.75) is 13.0 Å². The van der Waals surface area contributed by atoms with E-state index in [4.69, 9.17) is 5.11 Å². The van der Waals surface area contributed by atoms with Crippen LogP contribution in [0.5, 0.6) is 0 Å². The Labute approximate surface area is 90.9 Å². The summed E-state index contributed by atoms with van der Waals surface area (Å²) in [6, 6.07) is 6.00. The number of fused-ring (bicyclic) bond motifs is 1. The zero-order chi connectivity index (χ0) is 11.7. The van der Waals surface area contributed by atoms with Gasteiger partial charge in [0.15, 0.2) is 6.04 Å². The van der Waals surface area contributed by atoms with E-state index in [1.165, 1.54) is 13.1 Å². The number of rotatable bonds is 2. The van der Waals surface area contributed by atoms with Crippen molar-refractivity contribution in [3.63, 3.8) is 0 Å². The van der Waals surface area contributed by atoms with Crippen LogP contribution in [0.15, 0.2) is 35.3 Å². The normalized spacial score (nSPS) is 12.6. The Morgan fingerprint density at radius 2 is 2.12 bits per heavy atom. The molecule has 0 spiro atoms. The maximum atomic E-state index is 11.9. The summed E-state index contributed by atoms with van der Waals surface area (Å²) in [5, 5.41) is 13.9. The summed E-state index contributed by atoms with van der Waals surface area (Å²) in [4.78, 5) is 22.7. The van der Waals surface area contributed by atoms with Crippen LogP contribution in [0.1, 0.15) is 13.0 Å². The molecule has 5 heteroatoms. The first kappa shape index (κ1) is 10.4. The lowest BCUT2D eigenvalue weighted by Crippen LogP contribution is -2.30. The van der Waals surface area contributed by atoms with Gasteiger partial charge in [-0.1, -0.05) is 18.2 Å². The van der Waals surface area contributed by atoms with Gasteiger partial charge < -0.3 is 5.11 Å². The molecule has 16 heavy (non-hydrogen) atoms. The highest BCUT2D eigenvalue weighted by molar-refractivity contribution is 5.80. The van der Waals surface area contributed by atoms with Crippen molar-refractivity contribution in [1.29, 1.82) is 0 Å². The first-order valence-electron chi connectivity index (χ1n) is 4.80. The summed E-state index contributed by atoms with van der Waals surface area (Å²) in [5.74, 6) is -1.08. The van der Waals surface area contributed by atoms with Gasteiger partial charge >= 0.3 is 5.97 Å². The topological polar surface area (TPSA) is 72.2 Å². The number of carboxylic acid groups (broad SMARTS) is 1. The van der Waals surface area contributed by atoms with E-state index in [1.54, 1.807) is 24.3 Å². The molecule has 1 N–H and O–H groups in total. The van der Waals surface area contributed by atoms with Crippen molar-refractivity contribution in [2.24, 2.45) is 0 Å². The molecule has 1 heterocycles. The first-order valence-corrected chi connectivity index (χ1v) is 4.80. The summed E-state index contributed by atoms with van der Waals surface area (Å²) in [7, 11) is 0. The second-order valence-corrected chi connectivity index (χ2v) is 3.50. The maximum absolute atomic E-state index is 11.9. The van der Waals surface area contributed by atoms with Gasteiger partial charge in [-0.05, 0) is 13.0 Å². The van der Waals surface area contributed by atoms with Crippen molar-refractivity contribution in [1.82, 2.24) is 9.78 Å². The lowest BCUT2D eigenvalue weighted by Gasteiger charge is -2.09. The SMILES string of the molecule is C[C@@H](C(=O)O)n1ncc2ccccc2c1=O. The number of carbonyl (C=O) groups is 1. The molecule has 2 aromatic rings. The summed E-state index contributed by atoms with van der Waals surface area (Å²) < 4.78 is 0.977. The molecule has 0 radical (unpaired) electrons. The van der Waals surface area contributed by atoms with Crippen LogP contribution in [0.25, 0.3) is 10.8 Å². The number of aliphatic carboxylic acids is 1. The molecule has 1 aromatic carbocycles. The Morgan fingerprint density at radius 1 is 1.44 bits per heavy atom. The minimum atomic E-state index is -1.08. The van der Waals surface area contributed by atoms with Crippen LogP contribution < -0.4 is 5.56 Å². The largest absolute Gasteiger partial charge is 0.480 e. The zero-order valence-corrected chi connectivity index (χ0v) is 8.62. The van der Waals surface area contributed by atoms with Gasteiger partial charge in [0, 0.05) is 5.39 Å². The molecule has 0 fully saturated rings. The standard InChI is InChI=1S/C11H10N2O3/c1-7(11(15)16)13-10(14)9-5-3-2-4-8(9)6-12-13/h2-7H,1H3,(H,15,16)/t7-/m0/s1. The third kappa shape index (κ3) is 1.56. The van der Waals surface area contributed by atoms with Crippen LogP contribution >= 0.6 is 0 Å². The van der Waals surface area contributed by atoms with Gasteiger partial charge in [-0.15, -0.1) is 0 Å². The van der Waals surface area contributed by atoms with E-state index in [0.29, 0.717) is 10.8 Å². The lowest BCUT2D eigenvalue weighted by molar-refractivity contribution is -0.140. The predicted octanol–water partition coefficient (Wildman–Crippen LogP) is 1.04. The molecule has 82 valence electrons. The second-order valence-electron chi connectivity index (χ2n) is 3.50. The summed E-state index contributed by atoms with van der Waals surface area (Å²) in [6.45, 7) is 1.42. The van der Waals surface area contributed by atoms with Gasteiger partial charge in [0.05, 0.1) is 11.6 Å². The Morgan fingerprint density at radius 3 is 2.81 bits per heavy atom. The van der Waals surface area contributed by atoms with E-state index in [1.807, 2.05) is 0 Å². The van der Waals surface area contributed by atoms with E-state index >= 15 is 0 Å². The van der Waals surface area contributed by atoms with Crippen molar-refractivity contribution in [3.8, 4) is 0 Å². The van der Waals surface area contributed by atoms with E-state index in [2.05, 4.69) is 5.10 Å². The van der Waals surface area contributed by atoms with Gasteiger partial charge in [-0.2, -0.15) is 5.10 Å². The van der Waals surface area contributed by atoms with E-state index < -0.39 is 12.0 Å². The van der Waals surface area contributed by atoms with E-state index in [-0.39, 0.29) is 5.56 Å². The lowest BCUT2D eigenvalue weighted by atomic mass is 10.2. The summed E-state index contributed by atoms with van der Waals surface area (Å²) in [5.41, 5.74) is -0.381. The van der Waals surface area contributed by atoms with Crippen molar-refractivity contribution in [3.05, 3.63) is 40.8 Å². The van der Waals surface area contributed by atoms with E-state index in [9.17, 15) is 9.59 Å². The molecule has 0 unspecified atom stereocenters. The quantitative estimate of drug-likeness (QED) is 0.817. The number of nitrogens with zero attached hydrogens (tertiary/aromatic N) is 2.